The summed E-state index contributed by atoms with van der Waals surface area (Å²) in [5, 5.41) is 0.814. The fraction of sp³-hybridized carbons (Fsp3) is 0.211. The lowest BCUT2D eigenvalue weighted by Gasteiger charge is -2.13. The van der Waals surface area contributed by atoms with Crippen LogP contribution in [0.2, 0.25) is 0 Å². The molecule has 1 heterocycles. The summed E-state index contributed by atoms with van der Waals surface area (Å²) in [5.41, 5.74) is 2.92. The molecule has 6 heteroatoms. The van der Waals surface area contributed by atoms with Crippen LogP contribution < -0.4 is 9.47 Å². The molecule has 1 N–H and O–H groups in total. The average molecular weight is 406 g/mol. The molecule has 3 rings (SSSR count). The summed E-state index contributed by atoms with van der Waals surface area (Å²) in [7, 11) is 3.06. The molecule has 0 aliphatic carbocycles. The normalized spacial score (nSPS) is 12.2. The minimum absolute atomic E-state index is 0.138. The molecule has 4 nitrogen and oxygen atoms in total. The first-order valence-corrected chi connectivity index (χ1v) is 8.56. The Morgan fingerprint density at radius 1 is 1.16 bits per heavy atom. The molecule has 0 radical (unpaired) electrons. The number of hydrogen-bond donors (Lipinski definition) is 1. The van der Waals surface area contributed by atoms with E-state index in [4.69, 9.17) is 9.47 Å². The Hall–Kier alpha value is -2.34. The number of alkyl halides is 1. The van der Waals surface area contributed by atoms with E-state index in [1.807, 2.05) is 19.1 Å². The summed E-state index contributed by atoms with van der Waals surface area (Å²) in [6.07, 6.45) is 1.68. The van der Waals surface area contributed by atoms with E-state index in [-0.39, 0.29) is 5.78 Å². The van der Waals surface area contributed by atoms with Gasteiger partial charge in [0.15, 0.2) is 5.78 Å². The quantitative estimate of drug-likeness (QED) is 0.482. The molecule has 2 aromatic carbocycles. The zero-order valence-electron chi connectivity index (χ0n) is 14.0. The Kier molecular flexibility index (Phi) is 4.81. The van der Waals surface area contributed by atoms with E-state index in [9.17, 15) is 9.18 Å². The molecule has 25 heavy (non-hydrogen) atoms. The summed E-state index contributed by atoms with van der Waals surface area (Å²) in [6.45, 7) is 1.93. The highest BCUT2D eigenvalue weighted by molar-refractivity contribution is 9.09. The van der Waals surface area contributed by atoms with E-state index >= 15 is 0 Å². The second-order valence-electron chi connectivity index (χ2n) is 5.63. The molecular formula is C19H17BrFNO3. The lowest BCUT2D eigenvalue weighted by molar-refractivity contribution is 0.0992. The summed E-state index contributed by atoms with van der Waals surface area (Å²) < 4.78 is 23.9. The molecule has 130 valence electrons. The topological polar surface area (TPSA) is 51.3 Å². The highest BCUT2D eigenvalue weighted by Crippen LogP contribution is 2.37. The number of aryl methyl sites for hydroxylation is 1. The van der Waals surface area contributed by atoms with Gasteiger partial charge in [-0.1, -0.05) is 22.0 Å². The first-order chi connectivity index (χ1) is 12.0. The molecule has 1 aromatic heterocycles. The van der Waals surface area contributed by atoms with Gasteiger partial charge in [0, 0.05) is 34.3 Å². The van der Waals surface area contributed by atoms with Crippen molar-refractivity contribution >= 4 is 32.6 Å². The van der Waals surface area contributed by atoms with Crippen LogP contribution in [0.15, 0.2) is 36.5 Å². The molecule has 0 saturated heterocycles. The van der Waals surface area contributed by atoms with Crippen LogP contribution in [0.1, 0.15) is 26.3 Å². The van der Waals surface area contributed by atoms with Gasteiger partial charge in [-0.25, -0.2) is 4.39 Å². The van der Waals surface area contributed by atoms with Crippen molar-refractivity contribution in [3.8, 4) is 11.5 Å². The summed E-state index contributed by atoms with van der Waals surface area (Å²) in [5.74, 6) is 0.528. The molecule has 0 bridgehead atoms. The maximum Gasteiger partial charge on any atom is 0.183 e. The molecule has 0 fully saturated rings. The van der Waals surface area contributed by atoms with Gasteiger partial charge in [0.25, 0.3) is 0 Å². The van der Waals surface area contributed by atoms with Crippen LogP contribution in [0.4, 0.5) is 4.39 Å². The van der Waals surface area contributed by atoms with Crippen LogP contribution in [-0.4, -0.2) is 25.0 Å². The van der Waals surface area contributed by atoms with Crippen molar-refractivity contribution in [3.63, 3.8) is 0 Å². The number of H-pyrrole nitrogens is 1. The number of methoxy groups -OCH3 is 2. The largest absolute Gasteiger partial charge is 0.496 e. The van der Waals surface area contributed by atoms with Crippen molar-refractivity contribution in [1.29, 1.82) is 0 Å². The number of carbonyl (C=O) groups is 1. The van der Waals surface area contributed by atoms with Gasteiger partial charge in [-0.05, 0) is 25.1 Å². The summed E-state index contributed by atoms with van der Waals surface area (Å²) in [6, 6.07) is 7.82. The van der Waals surface area contributed by atoms with Gasteiger partial charge >= 0.3 is 0 Å². The molecule has 0 saturated carbocycles. The summed E-state index contributed by atoms with van der Waals surface area (Å²) >= 11 is 3.43. The number of ether oxygens (including phenoxy) is 2. The predicted octanol–water partition coefficient (Wildman–Crippen LogP) is 4.95. The number of carbonyl (C=O) groups excluding carboxylic acids is 1. The van der Waals surface area contributed by atoms with Gasteiger partial charge in [0.05, 0.1) is 19.7 Å². The molecule has 0 aliphatic rings. The van der Waals surface area contributed by atoms with Crippen molar-refractivity contribution in [2.45, 2.75) is 11.8 Å². The maximum atomic E-state index is 13.4. The number of rotatable bonds is 5. The lowest BCUT2D eigenvalue weighted by Crippen LogP contribution is -2.08. The van der Waals surface area contributed by atoms with Gasteiger partial charge in [-0.2, -0.15) is 0 Å². The Bertz CT molecular complexity index is 951. The number of ketones is 1. The number of aromatic nitrogens is 1. The van der Waals surface area contributed by atoms with Gasteiger partial charge in [0.1, 0.15) is 22.1 Å². The third-order valence-electron chi connectivity index (χ3n) is 4.25. The number of halogens is 2. The van der Waals surface area contributed by atoms with Crippen molar-refractivity contribution in [3.05, 3.63) is 59.0 Å². The van der Waals surface area contributed by atoms with Gasteiger partial charge in [0.2, 0.25) is 0 Å². The van der Waals surface area contributed by atoms with E-state index in [0.29, 0.717) is 16.9 Å². The fourth-order valence-corrected chi connectivity index (χ4v) is 3.55. The number of nitrogens with one attached hydrogen (secondary N) is 1. The molecule has 3 aromatic rings. The highest BCUT2D eigenvalue weighted by atomic mass is 79.9. The fourth-order valence-electron chi connectivity index (χ4n) is 2.92. The Morgan fingerprint density at radius 2 is 1.88 bits per heavy atom. The second kappa shape index (κ2) is 6.88. The minimum atomic E-state index is -0.649. The molecule has 1 atom stereocenters. The Labute approximate surface area is 153 Å². The predicted molar refractivity (Wildman–Crippen MR) is 98.5 cm³/mol. The molecule has 0 amide bonds. The minimum Gasteiger partial charge on any atom is -0.496 e. The zero-order valence-corrected chi connectivity index (χ0v) is 15.6. The Balaban J connectivity index is 2.04. The smallest absolute Gasteiger partial charge is 0.183 e. The van der Waals surface area contributed by atoms with E-state index in [1.165, 1.54) is 19.2 Å². The van der Waals surface area contributed by atoms with Gasteiger partial charge in [-0.3, -0.25) is 4.79 Å². The van der Waals surface area contributed by atoms with E-state index in [2.05, 4.69) is 20.9 Å². The molecule has 1 unspecified atom stereocenters. The van der Waals surface area contributed by atoms with Crippen LogP contribution in [0.5, 0.6) is 11.5 Å². The van der Waals surface area contributed by atoms with Crippen LogP contribution in [0, 0.1) is 12.7 Å². The van der Waals surface area contributed by atoms with Gasteiger partial charge in [-0.15, -0.1) is 0 Å². The maximum absolute atomic E-state index is 13.4. The molecule has 0 aliphatic heterocycles. The van der Waals surface area contributed by atoms with E-state index in [1.54, 1.807) is 19.4 Å². The van der Waals surface area contributed by atoms with Gasteiger partial charge < -0.3 is 14.5 Å². The van der Waals surface area contributed by atoms with E-state index in [0.717, 1.165) is 22.2 Å². The SMILES string of the molecule is COc1cc(F)ccc1C(Br)C(=O)c1c[nH]c2c(C)c(OC)ccc12. The van der Waals surface area contributed by atoms with Crippen LogP contribution >= 0.6 is 15.9 Å². The Morgan fingerprint density at radius 3 is 2.56 bits per heavy atom. The summed E-state index contributed by atoms with van der Waals surface area (Å²) in [4.78, 5) is 15.5. The number of fused-ring (bicyclic) bond motifs is 1. The third-order valence-corrected chi connectivity index (χ3v) is 5.16. The molecule has 0 spiro atoms. The lowest BCUT2D eigenvalue weighted by atomic mass is 10.0. The van der Waals surface area contributed by atoms with Crippen LogP contribution in [0.25, 0.3) is 10.9 Å². The van der Waals surface area contributed by atoms with Crippen molar-refractivity contribution in [2.75, 3.05) is 14.2 Å². The van der Waals surface area contributed by atoms with Crippen LogP contribution in [0.3, 0.4) is 0 Å². The van der Waals surface area contributed by atoms with Crippen molar-refractivity contribution in [2.24, 2.45) is 0 Å². The number of benzene rings is 2. The number of Topliss-reactive ketones (excluding diaryl/α,β-unsaturated/α-hetero) is 1. The standard InChI is InChI=1S/C19H17BrFNO3/c1-10-15(24-2)7-6-12-14(9-22-18(10)12)19(23)17(20)13-5-4-11(21)8-16(13)25-3/h4-9,17,22H,1-3H3. The monoisotopic (exact) mass is 405 g/mol. The second-order valence-corrected chi connectivity index (χ2v) is 6.55. The highest BCUT2D eigenvalue weighted by Gasteiger charge is 2.25. The van der Waals surface area contributed by atoms with E-state index < -0.39 is 10.6 Å². The number of hydrogen-bond acceptors (Lipinski definition) is 3. The van der Waals surface area contributed by atoms with Crippen molar-refractivity contribution in [1.82, 2.24) is 4.98 Å². The zero-order chi connectivity index (χ0) is 18.1. The van der Waals surface area contributed by atoms with Crippen LogP contribution in [-0.2, 0) is 0 Å². The first kappa shape index (κ1) is 17.5. The van der Waals surface area contributed by atoms with Crippen molar-refractivity contribution < 1.29 is 18.7 Å². The average Bonchev–Trinajstić information content (AvgIpc) is 3.05. The number of aromatic amines is 1. The third kappa shape index (κ3) is 3.02. The molecular weight excluding hydrogens is 389 g/mol. The first-order valence-electron chi connectivity index (χ1n) is 7.64.